The van der Waals surface area contributed by atoms with Crippen molar-refractivity contribution in [2.24, 2.45) is 0 Å². The number of urea groups is 1. The number of fused-ring (bicyclic) bond motifs is 2. The van der Waals surface area contributed by atoms with Crippen molar-refractivity contribution in [3.63, 3.8) is 0 Å². The van der Waals surface area contributed by atoms with Gasteiger partial charge < -0.3 is 20.2 Å². The van der Waals surface area contributed by atoms with Crippen LogP contribution in [-0.4, -0.2) is 67.7 Å². The van der Waals surface area contributed by atoms with Gasteiger partial charge in [0, 0.05) is 36.6 Å². The number of phenols is 1. The summed E-state index contributed by atoms with van der Waals surface area (Å²) in [6.07, 6.45) is 2.67. The quantitative estimate of drug-likeness (QED) is 0.365. The molecular formula is C30H29N5O5S. The van der Waals surface area contributed by atoms with Gasteiger partial charge in [0.05, 0.1) is 6.04 Å². The van der Waals surface area contributed by atoms with Gasteiger partial charge in [0.1, 0.15) is 11.8 Å². The summed E-state index contributed by atoms with van der Waals surface area (Å²) in [6, 6.07) is 16.3. The maximum absolute atomic E-state index is 14.2. The zero-order valence-electron chi connectivity index (χ0n) is 22.3. The van der Waals surface area contributed by atoms with E-state index >= 15 is 0 Å². The van der Waals surface area contributed by atoms with Gasteiger partial charge in [0.25, 0.3) is 5.91 Å². The Balaban J connectivity index is 1.34. The molecule has 0 aliphatic carbocycles. The van der Waals surface area contributed by atoms with Crippen LogP contribution >= 0.6 is 11.3 Å². The second-order valence-electron chi connectivity index (χ2n) is 10.2. The molecule has 2 aromatic heterocycles. The number of hydroxylamine groups is 2. The van der Waals surface area contributed by atoms with Crippen LogP contribution in [-0.2, 0) is 33.9 Å². The first-order valence-corrected chi connectivity index (χ1v) is 14.2. The Morgan fingerprint density at radius 2 is 1.83 bits per heavy atom. The van der Waals surface area contributed by atoms with Gasteiger partial charge in [0.15, 0.2) is 12.8 Å². The summed E-state index contributed by atoms with van der Waals surface area (Å²) in [5, 5.41) is 17.0. The Hall–Kier alpha value is -4.48. The number of carbonyl (C=O) groups excluding carboxylic acids is 3. The number of piperazine rings is 1. The lowest BCUT2D eigenvalue weighted by molar-refractivity contribution is -0.245. The van der Waals surface area contributed by atoms with Gasteiger partial charge in [-0.15, -0.1) is 11.3 Å². The third-order valence-electron chi connectivity index (χ3n) is 7.63. The minimum Gasteiger partial charge on any atom is -0.508 e. The average molecular weight is 572 g/mol. The van der Waals surface area contributed by atoms with Gasteiger partial charge in [-0.2, -0.15) is 5.06 Å². The van der Waals surface area contributed by atoms with E-state index in [1.807, 2.05) is 36.6 Å². The molecule has 2 N–H and O–H groups in total. The lowest BCUT2D eigenvalue weighted by atomic mass is 9.95. The third-order valence-corrected chi connectivity index (χ3v) is 8.64. The van der Waals surface area contributed by atoms with Crippen LogP contribution in [0.5, 0.6) is 5.75 Å². The van der Waals surface area contributed by atoms with E-state index in [0.717, 1.165) is 26.8 Å². The Morgan fingerprint density at radius 3 is 2.61 bits per heavy atom. The van der Waals surface area contributed by atoms with Crippen LogP contribution in [0, 0.1) is 0 Å². The molecule has 4 amide bonds. The van der Waals surface area contributed by atoms with E-state index in [0.29, 0.717) is 6.54 Å². The van der Waals surface area contributed by atoms with E-state index in [-0.39, 0.29) is 37.1 Å². The Labute approximate surface area is 240 Å². The van der Waals surface area contributed by atoms with Gasteiger partial charge in [-0.3, -0.25) is 19.4 Å². The van der Waals surface area contributed by atoms with Gasteiger partial charge in [-0.1, -0.05) is 30.3 Å². The van der Waals surface area contributed by atoms with Crippen LogP contribution < -0.4 is 5.32 Å². The van der Waals surface area contributed by atoms with Gasteiger partial charge >= 0.3 is 6.03 Å². The van der Waals surface area contributed by atoms with E-state index in [9.17, 15) is 19.5 Å². The fourth-order valence-electron chi connectivity index (χ4n) is 5.53. The molecule has 2 aromatic carbocycles. The molecule has 0 bridgehead atoms. The lowest BCUT2D eigenvalue weighted by Gasteiger charge is -2.54. The number of nitrogens with one attached hydrogen (secondary N) is 1. The number of amides is 4. The fourth-order valence-corrected chi connectivity index (χ4v) is 6.49. The monoisotopic (exact) mass is 571 g/mol. The maximum atomic E-state index is 14.2. The van der Waals surface area contributed by atoms with Gasteiger partial charge in [0.2, 0.25) is 5.91 Å². The molecule has 0 spiro atoms. The molecule has 4 heterocycles. The largest absolute Gasteiger partial charge is 0.508 e. The minimum atomic E-state index is -0.863. The third kappa shape index (κ3) is 5.21. The summed E-state index contributed by atoms with van der Waals surface area (Å²) in [6.45, 7) is 2.05. The standard InChI is InChI=1S/C30H29N5O5S/c1-19-28-34(27(37)17-40-35(28)30(39)32-15-21-10-12-31-13-11-21)25(14-20-6-8-23(36)9-7-20)29(38)33(19)16-22-18-41-26-5-3-2-4-24(22)26/h2-13,18-19,25,28,36H,14-17H2,1H3,(H,32,39)/t19-,25-,28-/m0/s1. The van der Waals surface area contributed by atoms with Crippen molar-refractivity contribution < 1.29 is 24.3 Å². The van der Waals surface area contributed by atoms with E-state index in [1.54, 1.807) is 65.0 Å². The van der Waals surface area contributed by atoms with Crippen molar-refractivity contribution in [3.05, 3.63) is 95.1 Å². The van der Waals surface area contributed by atoms with E-state index in [2.05, 4.69) is 10.3 Å². The first-order chi connectivity index (χ1) is 19.9. The summed E-state index contributed by atoms with van der Waals surface area (Å²) in [4.78, 5) is 54.0. The Morgan fingerprint density at radius 1 is 1.07 bits per heavy atom. The summed E-state index contributed by atoms with van der Waals surface area (Å²) in [7, 11) is 0. The molecule has 41 heavy (non-hydrogen) atoms. The molecule has 4 aromatic rings. The normalized spacial score (nSPS) is 20.8. The zero-order chi connectivity index (χ0) is 28.5. The van der Waals surface area contributed by atoms with Crippen LogP contribution in [0.2, 0.25) is 0 Å². The molecule has 10 nitrogen and oxygen atoms in total. The zero-order valence-corrected chi connectivity index (χ0v) is 23.2. The van der Waals surface area contributed by atoms with Crippen molar-refractivity contribution in [2.45, 2.75) is 44.7 Å². The molecule has 0 unspecified atom stereocenters. The lowest BCUT2D eigenvalue weighted by Crippen LogP contribution is -2.75. The van der Waals surface area contributed by atoms with Crippen molar-refractivity contribution in [1.29, 1.82) is 0 Å². The number of hydrogen-bond acceptors (Lipinski definition) is 7. The molecule has 2 aliphatic rings. The highest BCUT2D eigenvalue weighted by Crippen LogP contribution is 2.34. The first kappa shape index (κ1) is 26.7. The summed E-state index contributed by atoms with van der Waals surface area (Å²) in [5.41, 5.74) is 2.64. The van der Waals surface area contributed by atoms with E-state index in [4.69, 9.17) is 4.84 Å². The highest BCUT2D eigenvalue weighted by Gasteiger charge is 2.53. The molecule has 0 radical (unpaired) electrons. The second-order valence-corrected chi connectivity index (χ2v) is 11.1. The first-order valence-electron chi connectivity index (χ1n) is 13.3. The molecular weight excluding hydrogens is 542 g/mol. The number of phenolic OH excluding ortho intramolecular Hbond substituents is 1. The number of nitrogens with zero attached hydrogens (tertiary/aromatic N) is 4. The Bertz CT molecular complexity index is 1580. The van der Waals surface area contributed by atoms with Crippen LogP contribution in [0.15, 0.2) is 78.4 Å². The maximum Gasteiger partial charge on any atom is 0.343 e. The molecule has 11 heteroatoms. The number of rotatable bonds is 6. The van der Waals surface area contributed by atoms with Crippen molar-refractivity contribution >= 4 is 39.3 Å². The highest BCUT2D eigenvalue weighted by atomic mass is 32.1. The molecule has 3 atom stereocenters. The molecule has 0 saturated carbocycles. The summed E-state index contributed by atoms with van der Waals surface area (Å²) >= 11 is 1.61. The van der Waals surface area contributed by atoms with Crippen molar-refractivity contribution in [2.75, 3.05) is 6.61 Å². The number of thiophene rings is 1. The molecule has 2 fully saturated rings. The van der Waals surface area contributed by atoms with Gasteiger partial charge in [-0.25, -0.2) is 4.79 Å². The van der Waals surface area contributed by atoms with Crippen molar-refractivity contribution in [1.82, 2.24) is 25.2 Å². The predicted octanol–water partition coefficient (Wildman–Crippen LogP) is 3.66. The van der Waals surface area contributed by atoms with E-state index in [1.165, 1.54) is 9.96 Å². The van der Waals surface area contributed by atoms with E-state index < -0.39 is 24.3 Å². The number of benzene rings is 2. The van der Waals surface area contributed by atoms with Crippen LogP contribution in [0.4, 0.5) is 4.79 Å². The minimum absolute atomic E-state index is 0.112. The van der Waals surface area contributed by atoms with Crippen LogP contribution in [0.25, 0.3) is 10.1 Å². The second kappa shape index (κ2) is 11.2. The SMILES string of the molecule is C[C@H]1[C@@H]2N(C(=O)NCc3ccncc3)OCC(=O)N2[C@@H](Cc2ccc(O)cc2)C(=O)N1Cc1csc2ccccc12. The topological polar surface area (TPSA) is 115 Å². The molecule has 2 saturated heterocycles. The number of aromatic hydroxyl groups is 1. The smallest absolute Gasteiger partial charge is 0.343 e. The highest BCUT2D eigenvalue weighted by molar-refractivity contribution is 7.17. The molecule has 2 aliphatic heterocycles. The molecule has 6 rings (SSSR count). The molecule has 210 valence electrons. The van der Waals surface area contributed by atoms with Crippen molar-refractivity contribution in [3.8, 4) is 5.75 Å². The summed E-state index contributed by atoms with van der Waals surface area (Å²) in [5.74, 6) is -0.456. The summed E-state index contributed by atoms with van der Waals surface area (Å²) < 4.78 is 1.12. The fraction of sp³-hybridized carbons (Fsp3) is 0.267. The average Bonchev–Trinajstić information content (AvgIpc) is 3.40. The number of carbonyl (C=O) groups is 3. The van der Waals surface area contributed by atoms with Crippen LogP contribution in [0.3, 0.4) is 0 Å². The Kier molecular flexibility index (Phi) is 7.29. The number of aromatic nitrogens is 1. The number of hydrogen-bond donors (Lipinski definition) is 2. The van der Waals surface area contributed by atoms with Gasteiger partial charge in [-0.05, 0) is 64.7 Å². The van der Waals surface area contributed by atoms with Crippen LogP contribution in [0.1, 0.15) is 23.6 Å². The number of pyridine rings is 1. The predicted molar refractivity (Wildman–Crippen MR) is 152 cm³/mol.